The molecule has 2 N–H and O–H groups in total. The van der Waals surface area contributed by atoms with E-state index in [0.717, 1.165) is 27.7 Å². The first-order chi connectivity index (χ1) is 15.0. The summed E-state index contributed by atoms with van der Waals surface area (Å²) in [5, 5.41) is 7.92. The van der Waals surface area contributed by atoms with E-state index in [0.29, 0.717) is 17.1 Å². The van der Waals surface area contributed by atoms with Gasteiger partial charge in [-0.2, -0.15) is 15.0 Å². The van der Waals surface area contributed by atoms with Crippen LogP contribution in [-0.4, -0.2) is 15.0 Å². The van der Waals surface area contributed by atoms with Gasteiger partial charge in [-0.25, -0.2) is 0 Å². The summed E-state index contributed by atoms with van der Waals surface area (Å²) >= 11 is 7.54. The minimum absolute atomic E-state index is 0.493. The van der Waals surface area contributed by atoms with Crippen LogP contribution in [0.25, 0.3) is 0 Å². The average molecular weight is 448 g/mol. The van der Waals surface area contributed by atoms with E-state index in [4.69, 9.17) is 11.6 Å². The molecule has 0 spiro atoms. The Morgan fingerprint density at radius 1 is 0.677 bits per heavy atom. The van der Waals surface area contributed by atoms with Gasteiger partial charge >= 0.3 is 0 Å². The molecule has 0 amide bonds. The number of anilines is 4. The largest absolute Gasteiger partial charge is 0.324 e. The molecule has 0 atom stereocenters. The number of halogens is 1. The monoisotopic (exact) mass is 447 g/mol. The molecular formula is C24H22ClN5S. The van der Waals surface area contributed by atoms with E-state index in [2.05, 4.69) is 39.4 Å². The van der Waals surface area contributed by atoms with Crippen molar-refractivity contribution in [3.8, 4) is 0 Å². The molecule has 0 aliphatic heterocycles. The van der Waals surface area contributed by atoms with Gasteiger partial charge in [0, 0.05) is 22.2 Å². The third-order valence-electron chi connectivity index (χ3n) is 4.51. The Morgan fingerprint density at radius 3 is 1.65 bits per heavy atom. The summed E-state index contributed by atoms with van der Waals surface area (Å²) in [6, 6.07) is 24.0. The number of thioether (sulfide) groups is 1. The second-order valence-corrected chi connectivity index (χ2v) is 8.54. The van der Waals surface area contributed by atoms with Crippen molar-refractivity contribution in [1.82, 2.24) is 15.0 Å². The van der Waals surface area contributed by atoms with E-state index in [1.54, 1.807) is 11.8 Å². The molecule has 0 radical (unpaired) electrons. The molecule has 0 bridgehead atoms. The first-order valence-corrected chi connectivity index (χ1v) is 11.2. The first-order valence-electron chi connectivity index (χ1n) is 9.84. The fraction of sp³-hybridized carbons (Fsp3) is 0.125. The quantitative estimate of drug-likeness (QED) is 0.300. The highest BCUT2D eigenvalue weighted by Gasteiger charge is 2.09. The molecule has 1 aromatic heterocycles. The van der Waals surface area contributed by atoms with Crippen LogP contribution in [0.3, 0.4) is 0 Å². The zero-order valence-corrected chi connectivity index (χ0v) is 18.8. The van der Waals surface area contributed by atoms with Crippen molar-refractivity contribution >= 4 is 46.6 Å². The van der Waals surface area contributed by atoms with Gasteiger partial charge < -0.3 is 10.6 Å². The number of hydrogen-bond donors (Lipinski definition) is 2. The fourth-order valence-electron chi connectivity index (χ4n) is 2.79. The van der Waals surface area contributed by atoms with Crippen LogP contribution in [0.1, 0.15) is 16.7 Å². The predicted molar refractivity (Wildman–Crippen MR) is 130 cm³/mol. The number of aromatic nitrogens is 3. The Hall–Kier alpha value is -3.09. The summed E-state index contributed by atoms with van der Waals surface area (Å²) < 4.78 is 0. The minimum Gasteiger partial charge on any atom is -0.324 e. The van der Waals surface area contributed by atoms with Crippen molar-refractivity contribution in [2.75, 3.05) is 10.6 Å². The Bertz CT molecular complexity index is 1080. The lowest BCUT2D eigenvalue weighted by Crippen LogP contribution is -2.05. The Labute approximate surface area is 191 Å². The normalized spacial score (nSPS) is 10.7. The lowest BCUT2D eigenvalue weighted by Gasteiger charge is -2.11. The molecule has 0 aliphatic carbocycles. The maximum absolute atomic E-state index is 5.99. The Morgan fingerprint density at radius 2 is 1.16 bits per heavy atom. The van der Waals surface area contributed by atoms with Crippen molar-refractivity contribution in [2.45, 2.75) is 24.8 Å². The second kappa shape index (κ2) is 9.81. The molecule has 0 saturated carbocycles. The Balaban J connectivity index is 1.57. The summed E-state index contributed by atoms with van der Waals surface area (Å²) in [5.41, 5.74) is 5.39. The number of nitrogens with zero attached hydrogens (tertiary/aromatic N) is 3. The zero-order valence-electron chi connectivity index (χ0n) is 17.3. The molecule has 0 saturated heterocycles. The number of benzene rings is 3. The lowest BCUT2D eigenvalue weighted by molar-refractivity contribution is 0.920. The van der Waals surface area contributed by atoms with Gasteiger partial charge in [0.05, 0.1) is 0 Å². The van der Waals surface area contributed by atoms with Crippen molar-refractivity contribution in [2.24, 2.45) is 0 Å². The molecule has 7 heteroatoms. The molecule has 0 aliphatic rings. The summed E-state index contributed by atoms with van der Waals surface area (Å²) in [6.07, 6.45) is 0. The van der Waals surface area contributed by atoms with E-state index in [-0.39, 0.29) is 0 Å². The highest BCUT2D eigenvalue weighted by atomic mass is 35.5. The van der Waals surface area contributed by atoms with Gasteiger partial charge in [-0.1, -0.05) is 70.9 Å². The van der Waals surface area contributed by atoms with Crippen LogP contribution in [0, 0.1) is 13.8 Å². The van der Waals surface area contributed by atoms with Crippen molar-refractivity contribution < 1.29 is 0 Å². The molecule has 31 heavy (non-hydrogen) atoms. The van der Waals surface area contributed by atoms with Crippen molar-refractivity contribution in [3.05, 3.63) is 94.5 Å². The fourth-order valence-corrected chi connectivity index (χ4v) is 3.71. The van der Waals surface area contributed by atoms with Gasteiger partial charge in [-0.3, -0.25) is 0 Å². The van der Waals surface area contributed by atoms with Crippen LogP contribution in [0.2, 0.25) is 5.02 Å². The summed E-state index contributed by atoms with van der Waals surface area (Å²) in [6.45, 7) is 4.11. The van der Waals surface area contributed by atoms with Crippen LogP contribution < -0.4 is 10.6 Å². The summed E-state index contributed by atoms with van der Waals surface area (Å²) in [4.78, 5) is 13.8. The molecule has 3 aromatic carbocycles. The van der Waals surface area contributed by atoms with Crippen molar-refractivity contribution in [3.63, 3.8) is 0 Å². The maximum atomic E-state index is 5.99. The summed E-state index contributed by atoms with van der Waals surface area (Å²) in [5.74, 6) is 1.72. The third-order valence-corrected chi connectivity index (χ3v) is 5.68. The van der Waals surface area contributed by atoms with E-state index >= 15 is 0 Å². The van der Waals surface area contributed by atoms with E-state index in [1.807, 2.05) is 72.8 Å². The van der Waals surface area contributed by atoms with E-state index in [9.17, 15) is 0 Å². The van der Waals surface area contributed by atoms with E-state index in [1.165, 1.54) is 11.1 Å². The molecule has 4 aromatic rings. The number of rotatable bonds is 7. The predicted octanol–water partition coefficient (Wildman–Crippen LogP) is 6.92. The highest BCUT2D eigenvalue weighted by molar-refractivity contribution is 7.98. The third kappa shape index (κ3) is 6.20. The van der Waals surface area contributed by atoms with Crippen LogP contribution >= 0.6 is 23.4 Å². The first kappa shape index (κ1) is 21.2. The van der Waals surface area contributed by atoms with Gasteiger partial charge in [0.15, 0.2) is 5.16 Å². The second-order valence-electron chi connectivity index (χ2n) is 7.16. The zero-order chi connectivity index (χ0) is 21.6. The molecule has 1 heterocycles. The highest BCUT2D eigenvalue weighted by Crippen LogP contribution is 2.25. The molecule has 4 rings (SSSR count). The van der Waals surface area contributed by atoms with Crippen molar-refractivity contribution in [1.29, 1.82) is 0 Å². The lowest BCUT2D eigenvalue weighted by atomic mass is 10.2. The summed E-state index contributed by atoms with van der Waals surface area (Å²) in [7, 11) is 0. The Kier molecular flexibility index (Phi) is 6.70. The molecular weight excluding hydrogens is 426 g/mol. The average Bonchev–Trinajstić information content (AvgIpc) is 2.77. The SMILES string of the molecule is Cc1ccc(Nc2nc(Nc3ccc(C)cc3)nc(SCc3ccc(Cl)cc3)n2)cc1. The van der Waals surface area contributed by atoms with Crippen LogP contribution in [-0.2, 0) is 5.75 Å². The van der Waals surface area contributed by atoms with Crippen LogP contribution in [0.4, 0.5) is 23.3 Å². The van der Waals surface area contributed by atoms with Gasteiger partial charge in [0.2, 0.25) is 11.9 Å². The smallest absolute Gasteiger partial charge is 0.233 e. The minimum atomic E-state index is 0.493. The van der Waals surface area contributed by atoms with Gasteiger partial charge in [-0.15, -0.1) is 0 Å². The number of hydrogen-bond acceptors (Lipinski definition) is 6. The van der Waals surface area contributed by atoms with Crippen LogP contribution in [0.5, 0.6) is 0 Å². The van der Waals surface area contributed by atoms with Gasteiger partial charge in [0.25, 0.3) is 0 Å². The van der Waals surface area contributed by atoms with Gasteiger partial charge in [0.1, 0.15) is 0 Å². The number of nitrogens with one attached hydrogen (secondary N) is 2. The molecule has 5 nitrogen and oxygen atoms in total. The maximum Gasteiger partial charge on any atom is 0.233 e. The van der Waals surface area contributed by atoms with Crippen LogP contribution in [0.15, 0.2) is 78.0 Å². The molecule has 0 fully saturated rings. The molecule has 0 unspecified atom stereocenters. The molecule has 156 valence electrons. The standard InChI is InChI=1S/C24H22ClN5S/c1-16-3-11-20(12-4-16)26-22-28-23(27-21-13-5-17(2)6-14-21)30-24(29-22)31-15-18-7-9-19(25)10-8-18/h3-14H,15H2,1-2H3,(H2,26,27,28,29,30). The topological polar surface area (TPSA) is 62.7 Å². The van der Waals surface area contributed by atoms with Gasteiger partial charge in [-0.05, 0) is 55.8 Å². The number of aryl methyl sites for hydroxylation is 2. The van der Waals surface area contributed by atoms with E-state index < -0.39 is 0 Å².